The molecule has 0 saturated heterocycles. The van der Waals surface area contributed by atoms with E-state index in [1.54, 1.807) is 29.2 Å². The molecule has 0 aliphatic heterocycles. The monoisotopic (exact) mass is 521 g/mol. The van der Waals surface area contributed by atoms with Crippen LogP contribution < -0.4 is 9.62 Å². The van der Waals surface area contributed by atoms with Crippen molar-refractivity contribution < 1.29 is 18.0 Å². The first-order valence-corrected chi connectivity index (χ1v) is 14.0. The van der Waals surface area contributed by atoms with E-state index in [2.05, 4.69) is 5.32 Å². The van der Waals surface area contributed by atoms with Crippen molar-refractivity contribution in [2.24, 2.45) is 0 Å². The molecule has 192 valence electrons. The van der Waals surface area contributed by atoms with Crippen molar-refractivity contribution in [1.82, 2.24) is 10.2 Å². The van der Waals surface area contributed by atoms with Gasteiger partial charge in [0.05, 0.1) is 11.9 Å². The number of sulfonamides is 1. The summed E-state index contributed by atoms with van der Waals surface area (Å²) < 4.78 is 26.1. The van der Waals surface area contributed by atoms with E-state index in [1.165, 1.54) is 4.31 Å². The third-order valence-corrected chi connectivity index (χ3v) is 6.97. The summed E-state index contributed by atoms with van der Waals surface area (Å²) in [5.41, 5.74) is 2.49. The first kappa shape index (κ1) is 28.7. The molecule has 0 radical (unpaired) electrons. The molecule has 0 fully saturated rings. The molecule has 2 aromatic rings. The van der Waals surface area contributed by atoms with Gasteiger partial charge in [0.1, 0.15) is 6.04 Å². The van der Waals surface area contributed by atoms with Crippen LogP contribution in [0.3, 0.4) is 0 Å². The van der Waals surface area contributed by atoms with Gasteiger partial charge in [0.2, 0.25) is 21.8 Å². The lowest BCUT2D eigenvalue weighted by Crippen LogP contribution is -2.50. The molecule has 7 nitrogen and oxygen atoms in total. The maximum atomic E-state index is 13.4. The largest absolute Gasteiger partial charge is 0.352 e. The number of amides is 2. The summed E-state index contributed by atoms with van der Waals surface area (Å²) in [6, 6.07) is 13.8. The molecule has 35 heavy (non-hydrogen) atoms. The topological polar surface area (TPSA) is 86.8 Å². The number of nitrogens with zero attached hydrogens (tertiary/aromatic N) is 2. The molecule has 0 heterocycles. The number of carbonyl (C=O) groups is 2. The summed E-state index contributed by atoms with van der Waals surface area (Å²) in [5.74, 6) is -0.393. The van der Waals surface area contributed by atoms with Crippen molar-refractivity contribution in [3.8, 4) is 0 Å². The average Bonchev–Trinajstić information content (AvgIpc) is 2.76. The van der Waals surface area contributed by atoms with Gasteiger partial charge in [-0.25, -0.2) is 8.42 Å². The highest BCUT2D eigenvalue weighted by molar-refractivity contribution is 7.92. The minimum absolute atomic E-state index is 0.0473. The number of halogens is 1. The van der Waals surface area contributed by atoms with Crippen molar-refractivity contribution in [2.45, 2.75) is 65.6 Å². The number of hydrogen-bond donors (Lipinski definition) is 1. The second kappa shape index (κ2) is 12.9. The Bertz CT molecular complexity index is 1100. The van der Waals surface area contributed by atoms with Crippen LogP contribution in [0.1, 0.15) is 51.2 Å². The van der Waals surface area contributed by atoms with Gasteiger partial charge in [-0.05, 0) is 57.4 Å². The third kappa shape index (κ3) is 8.85. The normalized spacial score (nSPS) is 12.3. The zero-order valence-corrected chi connectivity index (χ0v) is 22.7. The van der Waals surface area contributed by atoms with Gasteiger partial charge in [-0.2, -0.15) is 0 Å². The summed E-state index contributed by atoms with van der Waals surface area (Å²) in [4.78, 5) is 27.9. The summed E-state index contributed by atoms with van der Waals surface area (Å²) in [6.07, 6.45) is 1.99. The molecule has 1 unspecified atom stereocenters. The fourth-order valence-corrected chi connectivity index (χ4v) is 4.97. The van der Waals surface area contributed by atoms with Gasteiger partial charge in [-0.1, -0.05) is 54.4 Å². The molecule has 2 amide bonds. The van der Waals surface area contributed by atoms with E-state index < -0.39 is 16.1 Å². The molecular formula is C26H36ClN3O4S. The van der Waals surface area contributed by atoms with Gasteiger partial charge in [0.25, 0.3) is 0 Å². The lowest BCUT2D eigenvalue weighted by molar-refractivity contribution is -0.141. The number of aryl methyl sites for hydroxylation is 1. The van der Waals surface area contributed by atoms with Crippen molar-refractivity contribution in [3.63, 3.8) is 0 Å². The minimum atomic E-state index is -3.57. The number of carbonyl (C=O) groups excluding carboxylic acids is 2. The molecule has 0 aliphatic carbocycles. The van der Waals surface area contributed by atoms with Crippen molar-refractivity contribution >= 4 is 39.1 Å². The smallest absolute Gasteiger partial charge is 0.243 e. The van der Waals surface area contributed by atoms with Crippen LogP contribution in [0.2, 0.25) is 5.02 Å². The van der Waals surface area contributed by atoms with E-state index in [9.17, 15) is 18.0 Å². The van der Waals surface area contributed by atoms with Crippen LogP contribution in [0.5, 0.6) is 0 Å². The molecule has 0 aliphatic rings. The number of benzene rings is 2. The third-order valence-electron chi connectivity index (χ3n) is 5.54. The lowest BCUT2D eigenvalue weighted by Gasteiger charge is -2.31. The first-order valence-electron chi connectivity index (χ1n) is 11.8. The number of nitrogens with one attached hydrogen (secondary N) is 1. The fourth-order valence-electron chi connectivity index (χ4n) is 3.83. The minimum Gasteiger partial charge on any atom is -0.352 e. The fraction of sp³-hybridized carbons (Fsp3) is 0.462. The molecule has 2 aromatic carbocycles. The molecule has 0 aromatic heterocycles. The highest BCUT2D eigenvalue weighted by atomic mass is 35.5. The number of rotatable bonds is 12. The highest BCUT2D eigenvalue weighted by Gasteiger charge is 2.29. The Labute approximate surface area is 214 Å². The van der Waals surface area contributed by atoms with Crippen LogP contribution in [0.15, 0.2) is 48.5 Å². The van der Waals surface area contributed by atoms with Gasteiger partial charge < -0.3 is 10.2 Å². The Hall–Kier alpha value is -2.58. The lowest BCUT2D eigenvalue weighted by atomic mass is 10.1. The van der Waals surface area contributed by atoms with E-state index in [0.717, 1.165) is 17.4 Å². The van der Waals surface area contributed by atoms with Gasteiger partial charge >= 0.3 is 0 Å². The Morgan fingerprint density at radius 1 is 1.09 bits per heavy atom. The molecular weight excluding hydrogens is 486 g/mol. The van der Waals surface area contributed by atoms with Crippen LogP contribution >= 0.6 is 11.6 Å². The number of anilines is 1. The average molecular weight is 522 g/mol. The number of hydrogen-bond acceptors (Lipinski definition) is 4. The Balaban J connectivity index is 2.21. The Morgan fingerprint density at radius 3 is 2.29 bits per heavy atom. The highest BCUT2D eigenvalue weighted by Crippen LogP contribution is 2.23. The Kier molecular flexibility index (Phi) is 10.6. The molecule has 1 atom stereocenters. The van der Waals surface area contributed by atoms with E-state index in [-0.39, 0.29) is 30.8 Å². The van der Waals surface area contributed by atoms with Crippen molar-refractivity contribution in [3.05, 3.63) is 64.7 Å². The molecule has 0 saturated carbocycles. The molecule has 9 heteroatoms. The van der Waals surface area contributed by atoms with Crippen LogP contribution in [-0.2, 0) is 26.2 Å². The predicted octanol–water partition coefficient (Wildman–Crippen LogP) is 4.53. The van der Waals surface area contributed by atoms with Crippen LogP contribution in [0.4, 0.5) is 5.69 Å². The maximum Gasteiger partial charge on any atom is 0.243 e. The molecule has 1 N–H and O–H groups in total. The van der Waals surface area contributed by atoms with Gasteiger partial charge in [-0.15, -0.1) is 0 Å². The standard InChI is InChI=1S/C26H36ClN3O4S/c1-6-24(26(32)28-19(2)3)29(18-21-14-12-20(4)13-15-21)25(31)11-8-16-30(35(5,33)34)23-10-7-9-22(27)17-23/h7,9-10,12-15,17,19,24H,6,8,11,16,18H2,1-5H3,(H,28,32). The molecule has 0 bridgehead atoms. The zero-order chi connectivity index (χ0) is 26.2. The predicted molar refractivity (Wildman–Crippen MR) is 142 cm³/mol. The summed E-state index contributed by atoms with van der Waals surface area (Å²) in [7, 11) is -3.57. The SMILES string of the molecule is CCC(C(=O)NC(C)C)N(Cc1ccc(C)cc1)C(=O)CCCN(c1cccc(Cl)c1)S(C)(=O)=O. The van der Waals surface area contributed by atoms with Crippen LogP contribution in [-0.4, -0.2) is 50.0 Å². The summed E-state index contributed by atoms with van der Waals surface area (Å²) in [6.45, 7) is 8.06. The Morgan fingerprint density at radius 2 is 1.74 bits per heavy atom. The van der Waals surface area contributed by atoms with Crippen LogP contribution in [0, 0.1) is 6.92 Å². The van der Waals surface area contributed by atoms with E-state index in [1.807, 2.05) is 52.0 Å². The molecule has 2 rings (SSSR count). The van der Waals surface area contributed by atoms with Crippen LogP contribution in [0.25, 0.3) is 0 Å². The second-order valence-corrected chi connectivity index (χ2v) is 11.4. The van der Waals surface area contributed by atoms with Crippen molar-refractivity contribution in [1.29, 1.82) is 0 Å². The zero-order valence-electron chi connectivity index (χ0n) is 21.1. The quantitative estimate of drug-likeness (QED) is 0.444. The van der Waals surface area contributed by atoms with Gasteiger partial charge in [0.15, 0.2) is 0 Å². The second-order valence-electron chi connectivity index (χ2n) is 9.01. The van der Waals surface area contributed by atoms with E-state index in [0.29, 0.717) is 30.1 Å². The first-order chi connectivity index (χ1) is 16.4. The maximum absolute atomic E-state index is 13.4. The van der Waals surface area contributed by atoms with E-state index in [4.69, 9.17) is 11.6 Å². The van der Waals surface area contributed by atoms with Crippen molar-refractivity contribution in [2.75, 3.05) is 17.1 Å². The van der Waals surface area contributed by atoms with Gasteiger partial charge in [0, 0.05) is 30.6 Å². The summed E-state index contributed by atoms with van der Waals surface area (Å²) >= 11 is 6.05. The molecule has 0 spiro atoms. The van der Waals surface area contributed by atoms with E-state index >= 15 is 0 Å². The van der Waals surface area contributed by atoms with Gasteiger partial charge in [-0.3, -0.25) is 13.9 Å². The summed E-state index contributed by atoms with van der Waals surface area (Å²) in [5, 5.41) is 3.34.